The number of rotatable bonds is 6. The number of aryl methyl sites for hydroxylation is 2. The van der Waals surface area contributed by atoms with Gasteiger partial charge in [0.05, 0.1) is 12.2 Å². The zero-order valence-electron chi connectivity index (χ0n) is 14.8. The fourth-order valence-corrected chi connectivity index (χ4v) is 2.83. The van der Waals surface area contributed by atoms with Crippen LogP contribution in [-0.4, -0.2) is 32.6 Å². The molecule has 25 heavy (non-hydrogen) atoms. The maximum Gasteiger partial charge on any atom is 0.125 e. The van der Waals surface area contributed by atoms with Crippen LogP contribution in [0.25, 0.3) is 11.3 Å². The van der Waals surface area contributed by atoms with Crippen LogP contribution in [0.5, 0.6) is 5.75 Å². The highest BCUT2D eigenvalue weighted by Gasteiger charge is 2.13. The molecule has 1 N–H and O–H groups in total. The van der Waals surface area contributed by atoms with Crippen molar-refractivity contribution in [2.24, 2.45) is 0 Å². The summed E-state index contributed by atoms with van der Waals surface area (Å²) < 4.78 is 7.69. The third kappa shape index (κ3) is 3.88. The van der Waals surface area contributed by atoms with Gasteiger partial charge in [-0.3, -0.25) is 9.67 Å². The van der Waals surface area contributed by atoms with Gasteiger partial charge in [-0.25, -0.2) is 0 Å². The molecule has 0 fully saturated rings. The van der Waals surface area contributed by atoms with Crippen molar-refractivity contribution >= 4 is 0 Å². The smallest absolute Gasteiger partial charge is 0.125 e. The van der Waals surface area contributed by atoms with E-state index in [2.05, 4.69) is 23.1 Å². The third-order valence-corrected chi connectivity index (χ3v) is 4.37. The topological polar surface area (TPSA) is 60.2 Å². The van der Waals surface area contributed by atoms with E-state index in [4.69, 9.17) is 4.74 Å². The Morgan fingerprint density at radius 1 is 1.00 bits per heavy atom. The number of aliphatic hydroxyl groups is 1. The number of aromatic nitrogens is 3. The Kier molecular flexibility index (Phi) is 5.14. The van der Waals surface area contributed by atoms with Gasteiger partial charge in [0.25, 0.3) is 0 Å². The third-order valence-electron chi connectivity index (χ3n) is 4.37. The van der Waals surface area contributed by atoms with Crippen LogP contribution in [0.4, 0.5) is 0 Å². The number of nitrogens with zero attached hydrogens (tertiary/aromatic N) is 3. The van der Waals surface area contributed by atoms with E-state index in [0.29, 0.717) is 6.54 Å². The molecule has 0 saturated carbocycles. The summed E-state index contributed by atoms with van der Waals surface area (Å²) in [5, 5.41) is 14.7. The van der Waals surface area contributed by atoms with E-state index in [1.165, 1.54) is 5.56 Å². The molecule has 3 rings (SSSR count). The van der Waals surface area contributed by atoms with E-state index < -0.39 is 6.10 Å². The Morgan fingerprint density at radius 2 is 1.72 bits per heavy atom. The molecule has 130 valence electrons. The molecular formula is C20H23N3O2. The molecule has 0 aliphatic rings. The van der Waals surface area contributed by atoms with Crippen molar-refractivity contribution < 1.29 is 9.84 Å². The van der Waals surface area contributed by atoms with Gasteiger partial charge in [-0.2, -0.15) is 5.10 Å². The Hall–Kier alpha value is -2.66. The zero-order valence-corrected chi connectivity index (χ0v) is 14.8. The number of benzene rings is 1. The van der Waals surface area contributed by atoms with Crippen LogP contribution < -0.4 is 4.74 Å². The molecule has 5 nitrogen and oxygen atoms in total. The predicted octanol–water partition coefficient (Wildman–Crippen LogP) is 3.31. The van der Waals surface area contributed by atoms with Gasteiger partial charge < -0.3 is 9.84 Å². The quantitative estimate of drug-likeness (QED) is 0.750. The molecule has 0 spiro atoms. The first-order valence-electron chi connectivity index (χ1n) is 8.36. The summed E-state index contributed by atoms with van der Waals surface area (Å²) in [5.41, 5.74) is 5.34. The average molecular weight is 337 g/mol. The van der Waals surface area contributed by atoms with Crippen molar-refractivity contribution in [2.45, 2.75) is 33.4 Å². The van der Waals surface area contributed by atoms with E-state index in [-0.39, 0.29) is 6.61 Å². The molecule has 2 aromatic heterocycles. The monoisotopic (exact) mass is 337 g/mol. The highest BCUT2D eigenvalue weighted by Crippen LogP contribution is 2.26. The van der Waals surface area contributed by atoms with E-state index >= 15 is 0 Å². The summed E-state index contributed by atoms with van der Waals surface area (Å²) >= 11 is 0. The Morgan fingerprint density at radius 3 is 2.48 bits per heavy atom. The summed E-state index contributed by atoms with van der Waals surface area (Å²) in [5.74, 6) is 0.855. The number of pyridine rings is 1. The standard InChI is InChI=1S/C20H23N3O2/c1-14-4-5-15(2)20(16(14)3)25-13-18(24)12-23-19(8-11-22-23)17-6-9-21-10-7-17/h4-11,18,24H,12-13H2,1-3H3. The largest absolute Gasteiger partial charge is 0.490 e. The van der Waals surface area contributed by atoms with E-state index in [0.717, 1.165) is 28.1 Å². The molecule has 5 heteroatoms. The SMILES string of the molecule is Cc1ccc(C)c(OCC(O)Cn2nccc2-c2ccncc2)c1C. The van der Waals surface area contributed by atoms with Crippen molar-refractivity contribution in [3.63, 3.8) is 0 Å². The maximum absolute atomic E-state index is 10.4. The van der Waals surface area contributed by atoms with Crippen LogP contribution >= 0.6 is 0 Å². The molecule has 0 amide bonds. The molecule has 1 unspecified atom stereocenters. The second-order valence-corrected chi connectivity index (χ2v) is 6.25. The minimum atomic E-state index is -0.653. The molecule has 2 heterocycles. The lowest BCUT2D eigenvalue weighted by Crippen LogP contribution is -2.25. The fraction of sp³-hybridized carbons (Fsp3) is 0.300. The van der Waals surface area contributed by atoms with Crippen LogP contribution in [0, 0.1) is 20.8 Å². The van der Waals surface area contributed by atoms with Crippen molar-refractivity contribution in [2.75, 3.05) is 6.61 Å². The molecular weight excluding hydrogens is 314 g/mol. The molecule has 0 bridgehead atoms. The van der Waals surface area contributed by atoms with Crippen LogP contribution in [0.15, 0.2) is 48.9 Å². The lowest BCUT2D eigenvalue weighted by atomic mass is 10.1. The minimum absolute atomic E-state index is 0.223. The molecule has 1 aromatic carbocycles. The predicted molar refractivity (Wildman–Crippen MR) is 97.6 cm³/mol. The molecule has 3 aromatic rings. The van der Waals surface area contributed by atoms with Gasteiger partial charge in [-0.1, -0.05) is 12.1 Å². The number of hydrogen-bond donors (Lipinski definition) is 1. The Balaban J connectivity index is 1.68. The average Bonchev–Trinajstić information content (AvgIpc) is 3.07. The first-order chi connectivity index (χ1) is 12.1. The summed E-state index contributed by atoms with van der Waals surface area (Å²) in [4.78, 5) is 4.03. The van der Waals surface area contributed by atoms with Gasteiger partial charge in [-0.15, -0.1) is 0 Å². The fourth-order valence-electron chi connectivity index (χ4n) is 2.83. The lowest BCUT2D eigenvalue weighted by Gasteiger charge is -2.17. The number of hydrogen-bond acceptors (Lipinski definition) is 4. The van der Waals surface area contributed by atoms with Gasteiger partial charge in [0.1, 0.15) is 18.5 Å². The van der Waals surface area contributed by atoms with Gasteiger partial charge >= 0.3 is 0 Å². The molecule has 0 aliphatic heterocycles. The second kappa shape index (κ2) is 7.49. The maximum atomic E-state index is 10.4. The van der Waals surface area contributed by atoms with Gasteiger partial charge in [0.2, 0.25) is 0 Å². The molecule has 0 aliphatic carbocycles. The summed E-state index contributed by atoms with van der Waals surface area (Å²) in [6.45, 7) is 6.71. The normalized spacial score (nSPS) is 12.2. The van der Waals surface area contributed by atoms with E-state index in [9.17, 15) is 5.11 Å². The zero-order chi connectivity index (χ0) is 17.8. The molecule has 0 saturated heterocycles. The van der Waals surface area contributed by atoms with Crippen LogP contribution in [0.2, 0.25) is 0 Å². The molecule has 1 atom stereocenters. The first kappa shape index (κ1) is 17.2. The van der Waals surface area contributed by atoms with Crippen LogP contribution in [0.3, 0.4) is 0 Å². The van der Waals surface area contributed by atoms with Gasteiger partial charge in [0, 0.05) is 24.2 Å². The lowest BCUT2D eigenvalue weighted by molar-refractivity contribution is 0.0891. The van der Waals surface area contributed by atoms with E-state index in [1.807, 2.05) is 38.1 Å². The molecule has 0 radical (unpaired) electrons. The Bertz CT molecular complexity index is 843. The number of ether oxygens (including phenoxy) is 1. The summed E-state index contributed by atoms with van der Waals surface area (Å²) in [6, 6.07) is 9.90. The summed E-state index contributed by atoms with van der Waals surface area (Å²) in [6.07, 6.45) is 4.57. The van der Waals surface area contributed by atoms with Crippen molar-refractivity contribution in [3.8, 4) is 17.0 Å². The highest BCUT2D eigenvalue weighted by atomic mass is 16.5. The van der Waals surface area contributed by atoms with Crippen molar-refractivity contribution in [1.82, 2.24) is 14.8 Å². The second-order valence-electron chi connectivity index (χ2n) is 6.25. The Labute approximate surface area is 147 Å². The summed E-state index contributed by atoms with van der Waals surface area (Å²) in [7, 11) is 0. The van der Waals surface area contributed by atoms with Crippen LogP contribution in [-0.2, 0) is 6.54 Å². The number of aliphatic hydroxyl groups excluding tert-OH is 1. The first-order valence-corrected chi connectivity index (χ1v) is 8.36. The van der Waals surface area contributed by atoms with Crippen molar-refractivity contribution in [3.05, 3.63) is 65.6 Å². The van der Waals surface area contributed by atoms with Crippen molar-refractivity contribution in [1.29, 1.82) is 0 Å². The highest BCUT2D eigenvalue weighted by molar-refractivity contribution is 5.58. The van der Waals surface area contributed by atoms with Gasteiger partial charge in [-0.05, 0) is 55.7 Å². The van der Waals surface area contributed by atoms with Crippen LogP contribution in [0.1, 0.15) is 16.7 Å². The van der Waals surface area contributed by atoms with E-state index in [1.54, 1.807) is 23.3 Å². The van der Waals surface area contributed by atoms with Gasteiger partial charge in [0.15, 0.2) is 0 Å². The minimum Gasteiger partial charge on any atom is -0.490 e.